The van der Waals surface area contributed by atoms with Gasteiger partial charge in [0.05, 0.1) is 5.69 Å². The molecular formula is C44H31NO. The van der Waals surface area contributed by atoms with Crippen LogP contribution in [0.2, 0.25) is 0 Å². The van der Waals surface area contributed by atoms with Crippen LogP contribution in [0.25, 0.3) is 44.2 Å². The van der Waals surface area contributed by atoms with Crippen molar-refractivity contribution in [1.82, 2.24) is 0 Å². The predicted molar refractivity (Wildman–Crippen MR) is 191 cm³/mol. The number of hydrogen-bond acceptors (Lipinski definition) is 2. The van der Waals surface area contributed by atoms with E-state index in [4.69, 9.17) is 4.42 Å². The molecule has 0 amide bonds. The third kappa shape index (κ3) is 3.97. The third-order valence-electron chi connectivity index (χ3n) is 9.76. The summed E-state index contributed by atoms with van der Waals surface area (Å²) in [6.45, 7) is 2.36. The van der Waals surface area contributed by atoms with E-state index in [1.165, 1.54) is 38.9 Å². The fourth-order valence-electron chi connectivity index (χ4n) is 7.47. The maximum Gasteiger partial charge on any atom is 0.159 e. The highest BCUT2D eigenvalue weighted by Crippen LogP contribution is 2.53. The van der Waals surface area contributed by atoms with Crippen molar-refractivity contribution in [2.45, 2.75) is 12.3 Å². The number of nitrogens with zero attached hydrogens (tertiary/aromatic N) is 1. The first-order valence-corrected chi connectivity index (χ1v) is 15.9. The Morgan fingerprint density at radius 1 is 0.478 bits per heavy atom. The lowest BCUT2D eigenvalue weighted by molar-refractivity contribution is 0.667. The minimum atomic E-state index is -0.265. The Kier molecular flexibility index (Phi) is 5.97. The lowest BCUT2D eigenvalue weighted by atomic mass is 9.74. The Morgan fingerprint density at radius 3 is 1.76 bits per heavy atom. The van der Waals surface area contributed by atoms with Gasteiger partial charge in [0, 0.05) is 27.6 Å². The summed E-state index contributed by atoms with van der Waals surface area (Å²) < 4.78 is 6.75. The predicted octanol–water partition coefficient (Wildman–Crippen LogP) is 12.1. The normalized spacial score (nSPS) is 13.1. The molecular weight excluding hydrogens is 558 g/mol. The standard InChI is InChI=1S/C44H31NO/c1-44(39-20-10-8-17-35(39)36-18-9-11-21-40(36)44)32-25-28-42-38(29-32)37-19-12-22-41(43(37)46-42)45(33-15-6-3-7-16-33)34-26-23-31(24-27-34)30-13-4-2-5-14-30/h2-29H,1H3. The smallest absolute Gasteiger partial charge is 0.159 e. The lowest BCUT2D eigenvalue weighted by Gasteiger charge is -2.28. The summed E-state index contributed by atoms with van der Waals surface area (Å²) in [5, 5.41) is 2.24. The Balaban J connectivity index is 1.21. The molecule has 46 heavy (non-hydrogen) atoms. The number of benzene rings is 7. The van der Waals surface area contributed by atoms with Gasteiger partial charge in [0.25, 0.3) is 0 Å². The van der Waals surface area contributed by atoms with Gasteiger partial charge in [-0.2, -0.15) is 0 Å². The molecule has 218 valence electrons. The van der Waals surface area contributed by atoms with E-state index in [0.717, 1.165) is 39.0 Å². The molecule has 1 aliphatic carbocycles. The van der Waals surface area contributed by atoms with Crippen molar-refractivity contribution in [3.8, 4) is 22.3 Å². The molecule has 2 heteroatoms. The second-order valence-electron chi connectivity index (χ2n) is 12.3. The molecule has 8 aromatic rings. The van der Waals surface area contributed by atoms with Crippen LogP contribution in [0.3, 0.4) is 0 Å². The van der Waals surface area contributed by atoms with Crippen molar-refractivity contribution in [3.05, 3.63) is 187 Å². The van der Waals surface area contributed by atoms with Crippen LogP contribution in [0.1, 0.15) is 23.6 Å². The molecule has 1 heterocycles. The van der Waals surface area contributed by atoms with Gasteiger partial charge < -0.3 is 9.32 Å². The van der Waals surface area contributed by atoms with E-state index < -0.39 is 0 Å². The number of fused-ring (bicyclic) bond motifs is 6. The minimum Gasteiger partial charge on any atom is -0.454 e. The number of hydrogen-bond donors (Lipinski definition) is 0. The first kappa shape index (κ1) is 26.5. The zero-order chi connectivity index (χ0) is 30.7. The van der Waals surface area contributed by atoms with Crippen molar-refractivity contribution >= 4 is 39.0 Å². The van der Waals surface area contributed by atoms with Crippen molar-refractivity contribution in [2.24, 2.45) is 0 Å². The Hall–Kier alpha value is -5.86. The largest absolute Gasteiger partial charge is 0.454 e. The average molecular weight is 590 g/mol. The van der Waals surface area contributed by atoms with Gasteiger partial charge in [0.2, 0.25) is 0 Å². The van der Waals surface area contributed by atoms with Crippen molar-refractivity contribution < 1.29 is 4.42 Å². The Morgan fingerprint density at radius 2 is 1.07 bits per heavy atom. The molecule has 0 bridgehead atoms. The van der Waals surface area contributed by atoms with E-state index in [0.29, 0.717) is 0 Å². The number of anilines is 3. The van der Waals surface area contributed by atoms with Crippen molar-refractivity contribution in [3.63, 3.8) is 0 Å². The highest BCUT2D eigenvalue weighted by atomic mass is 16.3. The summed E-state index contributed by atoms with van der Waals surface area (Å²) >= 11 is 0. The van der Waals surface area contributed by atoms with Crippen LogP contribution in [0.4, 0.5) is 17.1 Å². The molecule has 9 rings (SSSR count). The van der Waals surface area contributed by atoms with E-state index in [9.17, 15) is 0 Å². The van der Waals surface area contributed by atoms with Crippen LogP contribution in [0, 0.1) is 0 Å². The molecule has 0 spiro atoms. The fraction of sp³-hybridized carbons (Fsp3) is 0.0455. The first-order chi connectivity index (χ1) is 22.7. The van der Waals surface area contributed by atoms with Crippen molar-refractivity contribution in [1.29, 1.82) is 0 Å². The maximum atomic E-state index is 6.75. The first-order valence-electron chi connectivity index (χ1n) is 15.9. The molecule has 0 fully saturated rings. The molecule has 0 atom stereocenters. The highest BCUT2D eigenvalue weighted by Gasteiger charge is 2.40. The summed E-state index contributed by atoms with van der Waals surface area (Å²) in [6.07, 6.45) is 0. The molecule has 0 aliphatic heterocycles. The van der Waals surface area contributed by atoms with Gasteiger partial charge in [-0.3, -0.25) is 0 Å². The number of furan rings is 1. The fourth-order valence-corrected chi connectivity index (χ4v) is 7.47. The second-order valence-corrected chi connectivity index (χ2v) is 12.3. The summed E-state index contributed by atoms with van der Waals surface area (Å²) in [7, 11) is 0. The van der Waals surface area contributed by atoms with E-state index in [-0.39, 0.29) is 5.41 Å². The SMILES string of the molecule is CC1(c2ccc3oc4c(N(c5ccccc5)c5ccc(-c6ccccc6)cc5)cccc4c3c2)c2ccccc2-c2ccccc21. The van der Waals surface area contributed by atoms with Crippen LogP contribution in [-0.4, -0.2) is 0 Å². The van der Waals surface area contributed by atoms with Crippen LogP contribution in [0.15, 0.2) is 174 Å². The summed E-state index contributed by atoms with van der Waals surface area (Å²) in [5.74, 6) is 0. The summed E-state index contributed by atoms with van der Waals surface area (Å²) in [6, 6.07) is 60.8. The van der Waals surface area contributed by atoms with Gasteiger partial charge in [-0.25, -0.2) is 0 Å². The molecule has 2 nitrogen and oxygen atoms in total. The van der Waals surface area contributed by atoms with Gasteiger partial charge in [-0.1, -0.05) is 127 Å². The number of para-hydroxylation sites is 2. The topological polar surface area (TPSA) is 16.4 Å². The molecule has 0 radical (unpaired) electrons. The van der Waals surface area contributed by atoms with Gasteiger partial charge in [0.1, 0.15) is 5.58 Å². The van der Waals surface area contributed by atoms with E-state index in [1.54, 1.807) is 0 Å². The highest BCUT2D eigenvalue weighted by molar-refractivity contribution is 6.10. The van der Waals surface area contributed by atoms with Crippen LogP contribution in [0.5, 0.6) is 0 Å². The van der Waals surface area contributed by atoms with Gasteiger partial charge in [-0.05, 0) is 88.3 Å². The molecule has 1 aromatic heterocycles. The second kappa shape index (κ2) is 10.4. The minimum absolute atomic E-state index is 0.265. The molecule has 0 unspecified atom stereocenters. The van der Waals surface area contributed by atoms with Crippen LogP contribution in [-0.2, 0) is 5.41 Å². The molecule has 0 saturated carbocycles. The monoisotopic (exact) mass is 589 g/mol. The summed E-state index contributed by atoms with van der Waals surface area (Å²) in [4.78, 5) is 2.30. The Labute approximate surface area is 268 Å². The number of rotatable bonds is 5. The summed E-state index contributed by atoms with van der Waals surface area (Å²) in [5.41, 5.74) is 13.7. The zero-order valence-electron chi connectivity index (χ0n) is 25.5. The van der Waals surface area contributed by atoms with Crippen molar-refractivity contribution in [2.75, 3.05) is 4.90 Å². The quantitative estimate of drug-likeness (QED) is 0.199. The molecule has 0 saturated heterocycles. The van der Waals surface area contributed by atoms with E-state index in [2.05, 4.69) is 182 Å². The molecule has 7 aromatic carbocycles. The van der Waals surface area contributed by atoms with Gasteiger partial charge in [-0.15, -0.1) is 0 Å². The van der Waals surface area contributed by atoms with E-state index in [1.807, 2.05) is 0 Å². The third-order valence-corrected chi connectivity index (χ3v) is 9.76. The van der Waals surface area contributed by atoms with E-state index >= 15 is 0 Å². The van der Waals surface area contributed by atoms with Gasteiger partial charge in [0.15, 0.2) is 5.58 Å². The Bertz CT molecular complexity index is 2320. The average Bonchev–Trinajstić information content (AvgIpc) is 3.63. The van der Waals surface area contributed by atoms with Crippen LogP contribution >= 0.6 is 0 Å². The lowest BCUT2D eigenvalue weighted by Crippen LogP contribution is -2.22. The maximum absolute atomic E-state index is 6.75. The zero-order valence-corrected chi connectivity index (χ0v) is 25.5. The molecule has 1 aliphatic rings. The molecule has 0 N–H and O–H groups in total. The van der Waals surface area contributed by atoms with Crippen LogP contribution < -0.4 is 4.90 Å². The van der Waals surface area contributed by atoms with Gasteiger partial charge >= 0.3 is 0 Å².